The first kappa shape index (κ1) is 13.7. The molecule has 3 nitrogen and oxygen atoms in total. The highest BCUT2D eigenvalue weighted by atomic mass is 79.9. The van der Waals surface area contributed by atoms with E-state index in [0.29, 0.717) is 11.3 Å². The molecule has 0 aliphatic heterocycles. The van der Waals surface area contributed by atoms with Crippen LogP contribution in [0, 0.1) is 5.82 Å². The molecule has 0 bridgehead atoms. The van der Waals surface area contributed by atoms with Crippen LogP contribution < -0.4 is 5.32 Å². The van der Waals surface area contributed by atoms with E-state index in [4.69, 9.17) is 0 Å². The van der Waals surface area contributed by atoms with Crippen LogP contribution in [-0.2, 0) is 0 Å². The predicted octanol–water partition coefficient (Wildman–Crippen LogP) is 4.39. The van der Waals surface area contributed by atoms with Crippen LogP contribution in [0.2, 0.25) is 0 Å². The number of carbonyl (C=O) groups excluding carboxylic acids is 1. The van der Waals surface area contributed by atoms with Gasteiger partial charge < -0.3 is 5.32 Å². The summed E-state index contributed by atoms with van der Waals surface area (Å²) in [6.45, 7) is 0. The third-order valence-electron chi connectivity index (χ3n) is 3.10. The Morgan fingerprint density at radius 2 is 1.81 bits per heavy atom. The van der Waals surface area contributed by atoms with Crippen molar-refractivity contribution < 1.29 is 9.18 Å². The summed E-state index contributed by atoms with van der Waals surface area (Å²) < 4.78 is 13.8. The first-order valence-electron chi connectivity index (χ1n) is 6.24. The maximum atomic E-state index is 12.9. The molecule has 104 valence electrons. The molecular formula is C16H10BrFN2O. The van der Waals surface area contributed by atoms with E-state index in [-0.39, 0.29) is 11.7 Å². The first-order chi connectivity index (χ1) is 10.1. The number of hydrogen-bond acceptors (Lipinski definition) is 2. The Balaban J connectivity index is 1.96. The van der Waals surface area contributed by atoms with E-state index in [1.807, 2.05) is 18.2 Å². The van der Waals surface area contributed by atoms with E-state index in [1.54, 1.807) is 12.4 Å². The maximum Gasteiger partial charge on any atom is 0.255 e. The molecule has 2 aromatic carbocycles. The summed E-state index contributed by atoms with van der Waals surface area (Å²) >= 11 is 3.46. The summed E-state index contributed by atoms with van der Waals surface area (Å²) in [5.41, 5.74) is 1.01. The molecule has 0 fully saturated rings. The van der Waals surface area contributed by atoms with E-state index in [0.717, 1.165) is 15.2 Å². The zero-order chi connectivity index (χ0) is 14.8. The standard InChI is InChI=1S/C16H10BrFN2O/c17-14-3-1-2-12-13(14)8-19-9-15(12)20-16(21)10-4-6-11(18)7-5-10/h1-9H,(H,20,21). The molecule has 1 aromatic heterocycles. The lowest BCUT2D eigenvalue weighted by molar-refractivity contribution is 0.102. The highest BCUT2D eigenvalue weighted by Crippen LogP contribution is 2.28. The van der Waals surface area contributed by atoms with Gasteiger partial charge in [0.05, 0.1) is 11.9 Å². The van der Waals surface area contributed by atoms with Gasteiger partial charge in [0, 0.05) is 27.0 Å². The average Bonchev–Trinajstić information content (AvgIpc) is 2.49. The van der Waals surface area contributed by atoms with E-state index in [2.05, 4.69) is 26.2 Å². The number of amides is 1. The third-order valence-corrected chi connectivity index (χ3v) is 3.80. The molecule has 3 rings (SSSR count). The van der Waals surface area contributed by atoms with Crippen molar-refractivity contribution in [3.05, 3.63) is 70.7 Å². The largest absolute Gasteiger partial charge is 0.320 e. The Morgan fingerprint density at radius 1 is 1.05 bits per heavy atom. The van der Waals surface area contributed by atoms with Crippen molar-refractivity contribution in [2.45, 2.75) is 0 Å². The fourth-order valence-electron chi connectivity index (χ4n) is 2.05. The summed E-state index contributed by atoms with van der Waals surface area (Å²) in [6, 6.07) is 11.1. The Bertz CT molecular complexity index is 818. The lowest BCUT2D eigenvalue weighted by Crippen LogP contribution is -2.12. The number of nitrogens with one attached hydrogen (secondary N) is 1. The normalized spacial score (nSPS) is 10.6. The SMILES string of the molecule is O=C(Nc1cncc2c(Br)cccc12)c1ccc(F)cc1. The van der Waals surface area contributed by atoms with Crippen LogP contribution in [0.15, 0.2) is 59.3 Å². The number of rotatable bonds is 2. The summed E-state index contributed by atoms with van der Waals surface area (Å²) in [6.07, 6.45) is 3.32. The minimum Gasteiger partial charge on any atom is -0.320 e. The zero-order valence-corrected chi connectivity index (χ0v) is 12.4. The Kier molecular flexibility index (Phi) is 3.66. The molecule has 5 heteroatoms. The van der Waals surface area contributed by atoms with Crippen LogP contribution >= 0.6 is 15.9 Å². The van der Waals surface area contributed by atoms with Gasteiger partial charge in [0.25, 0.3) is 5.91 Å². The predicted molar refractivity (Wildman–Crippen MR) is 83.8 cm³/mol. The van der Waals surface area contributed by atoms with E-state index >= 15 is 0 Å². The number of anilines is 1. The summed E-state index contributed by atoms with van der Waals surface area (Å²) in [5, 5.41) is 4.60. The van der Waals surface area contributed by atoms with Crippen LogP contribution in [0.1, 0.15) is 10.4 Å². The number of benzene rings is 2. The van der Waals surface area contributed by atoms with Gasteiger partial charge in [0.1, 0.15) is 5.82 Å². The fourth-order valence-corrected chi connectivity index (χ4v) is 2.52. The van der Waals surface area contributed by atoms with Gasteiger partial charge in [-0.3, -0.25) is 9.78 Å². The molecule has 1 amide bonds. The van der Waals surface area contributed by atoms with Crippen molar-refractivity contribution in [3.63, 3.8) is 0 Å². The number of hydrogen-bond donors (Lipinski definition) is 1. The number of aromatic nitrogens is 1. The van der Waals surface area contributed by atoms with Crippen molar-refractivity contribution in [3.8, 4) is 0 Å². The van der Waals surface area contributed by atoms with Gasteiger partial charge >= 0.3 is 0 Å². The summed E-state index contributed by atoms with van der Waals surface area (Å²) in [4.78, 5) is 16.3. The Labute approximate surface area is 128 Å². The quantitative estimate of drug-likeness (QED) is 0.749. The van der Waals surface area contributed by atoms with Gasteiger partial charge in [-0.2, -0.15) is 0 Å². The van der Waals surface area contributed by atoms with Gasteiger partial charge in [0.2, 0.25) is 0 Å². The topological polar surface area (TPSA) is 42.0 Å². The minimum absolute atomic E-state index is 0.302. The second kappa shape index (κ2) is 5.61. The highest BCUT2D eigenvalue weighted by molar-refractivity contribution is 9.10. The number of carbonyl (C=O) groups is 1. The summed E-state index contributed by atoms with van der Waals surface area (Å²) in [7, 11) is 0. The lowest BCUT2D eigenvalue weighted by atomic mass is 10.1. The molecule has 0 radical (unpaired) electrons. The minimum atomic E-state index is -0.373. The third kappa shape index (κ3) is 2.78. The smallest absolute Gasteiger partial charge is 0.255 e. The monoisotopic (exact) mass is 344 g/mol. The molecule has 21 heavy (non-hydrogen) atoms. The molecule has 0 unspecified atom stereocenters. The fraction of sp³-hybridized carbons (Fsp3) is 0. The average molecular weight is 345 g/mol. The van der Waals surface area contributed by atoms with Crippen molar-refractivity contribution in [1.82, 2.24) is 4.98 Å². The van der Waals surface area contributed by atoms with Gasteiger partial charge in [-0.25, -0.2) is 4.39 Å². The highest BCUT2D eigenvalue weighted by Gasteiger charge is 2.09. The molecule has 0 spiro atoms. The number of halogens is 2. The van der Waals surface area contributed by atoms with E-state index < -0.39 is 0 Å². The lowest BCUT2D eigenvalue weighted by Gasteiger charge is -2.09. The van der Waals surface area contributed by atoms with Crippen LogP contribution in [0.5, 0.6) is 0 Å². The Morgan fingerprint density at radius 3 is 2.57 bits per heavy atom. The molecule has 0 aliphatic rings. The van der Waals surface area contributed by atoms with Crippen molar-refractivity contribution in [2.24, 2.45) is 0 Å². The molecule has 0 aliphatic carbocycles. The molecule has 1 N–H and O–H groups in total. The second-order valence-corrected chi connectivity index (χ2v) is 5.34. The molecule has 0 saturated heterocycles. The maximum absolute atomic E-state index is 12.9. The van der Waals surface area contributed by atoms with Crippen LogP contribution in [0.3, 0.4) is 0 Å². The molecule has 1 heterocycles. The first-order valence-corrected chi connectivity index (χ1v) is 7.03. The molecule has 0 saturated carbocycles. The number of nitrogens with zero attached hydrogens (tertiary/aromatic N) is 1. The number of fused-ring (bicyclic) bond motifs is 1. The van der Waals surface area contributed by atoms with Crippen LogP contribution in [0.25, 0.3) is 10.8 Å². The molecular weight excluding hydrogens is 335 g/mol. The van der Waals surface area contributed by atoms with Crippen LogP contribution in [0.4, 0.5) is 10.1 Å². The van der Waals surface area contributed by atoms with Crippen molar-refractivity contribution >= 4 is 38.3 Å². The summed E-state index contributed by atoms with van der Waals surface area (Å²) in [5.74, 6) is -0.674. The van der Waals surface area contributed by atoms with Crippen LogP contribution in [-0.4, -0.2) is 10.9 Å². The van der Waals surface area contributed by atoms with Gasteiger partial charge in [-0.15, -0.1) is 0 Å². The van der Waals surface area contributed by atoms with Gasteiger partial charge in [0.15, 0.2) is 0 Å². The second-order valence-electron chi connectivity index (χ2n) is 4.48. The van der Waals surface area contributed by atoms with Crippen molar-refractivity contribution in [2.75, 3.05) is 5.32 Å². The zero-order valence-electron chi connectivity index (χ0n) is 10.8. The number of pyridine rings is 1. The molecule has 0 atom stereocenters. The van der Waals surface area contributed by atoms with Gasteiger partial charge in [-0.05, 0) is 30.3 Å². The van der Waals surface area contributed by atoms with E-state index in [1.165, 1.54) is 24.3 Å². The van der Waals surface area contributed by atoms with E-state index in [9.17, 15) is 9.18 Å². The van der Waals surface area contributed by atoms with Crippen molar-refractivity contribution in [1.29, 1.82) is 0 Å². The van der Waals surface area contributed by atoms with Gasteiger partial charge in [-0.1, -0.05) is 28.1 Å². The Hall–Kier alpha value is -2.27. The molecule has 3 aromatic rings.